The Balaban J connectivity index is 2.90. The second kappa shape index (κ2) is 3.36. The Morgan fingerprint density at radius 3 is 2.69 bits per heavy atom. The molecule has 0 saturated heterocycles. The lowest BCUT2D eigenvalue weighted by molar-refractivity contribution is 0.111. The second-order valence-corrected chi connectivity index (χ2v) is 5.64. The van der Waals surface area contributed by atoms with Crippen LogP contribution in [0.5, 0.6) is 0 Å². The number of hydrogen-bond acceptors (Lipinski definition) is 3. The molecule has 0 amide bonds. The van der Waals surface area contributed by atoms with E-state index < -0.39 is 4.93 Å². The highest BCUT2D eigenvalue weighted by atomic mass is 32.2. The monoisotopic (exact) mass is 197 g/mol. The summed E-state index contributed by atoms with van der Waals surface area (Å²) in [5, 5.41) is 20.6. The first-order valence-electron chi connectivity index (χ1n) is 4.35. The minimum Gasteiger partial charge on any atom is -0.375 e. The Morgan fingerprint density at radius 1 is 1.62 bits per heavy atom. The topological polar surface area (TPSA) is 44.0 Å². The molecule has 1 N–H and O–H groups in total. The Kier molecular flexibility index (Phi) is 2.74. The average molecular weight is 197 g/mol. The minimum atomic E-state index is -0.972. The molecule has 0 fully saturated rings. The van der Waals surface area contributed by atoms with Gasteiger partial charge in [0.05, 0.1) is 0 Å². The zero-order valence-corrected chi connectivity index (χ0v) is 9.11. The summed E-state index contributed by atoms with van der Waals surface area (Å²) in [5.74, 6) is 0. The molecule has 0 radical (unpaired) electrons. The smallest absolute Gasteiger partial charge is 0.143 e. The molecule has 1 unspecified atom stereocenters. The highest BCUT2D eigenvalue weighted by molar-refractivity contribution is 8.05. The standard InChI is InChI=1S/C10H15NOS/c1-8-4-9(2,3)6-10(12,5-8)13-7-11/h5,12H,4,6H2,1-3H3. The molecule has 2 nitrogen and oxygen atoms in total. The predicted octanol–water partition coefficient (Wildman–Crippen LogP) is 2.66. The molecule has 0 spiro atoms. The van der Waals surface area contributed by atoms with Crippen LogP contribution in [0.4, 0.5) is 0 Å². The fourth-order valence-electron chi connectivity index (χ4n) is 2.13. The van der Waals surface area contributed by atoms with Gasteiger partial charge in [-0.15, -0.1) is 0 Å². The molecule has 1 aliphatic carbocycles. The van der Waals surface area contributed by atoms with Crippen LogP contribution in [0.1, 0.15) is 33.6 Å². The lowest BCUT2D eigenvalue weighted by atomic mass is 9.76. The lowest BCUT2D eigenvalue weighted by Gasteiger charge is -2.37. The van der Waals surface area contributed by atoms with E-state index in [1.165, 1.54) is 5.57 Å². The summed E-state index contributed by atoms with van der Waals surface area (Å²) >= 11 is 0.945. The van der Waals surface area contributed by atoms with Crippen LogP contribution in [0.15, 0.2) is 11.6 Å². The molecule has 0 aromatic rings. The van der Waals surface area contributed by atoms with Crippen LogP contribution in [0.25, 0.3) is 0 Å². The largest absolute Gasteiger partial charge is 0.375 e. The third kappa shape index (κ3) is 2.75. The highest BCUT2D eigenvalue weighted by Gasteiger charge is 2.37. The van der Waals surface area contributed by atoms with Gasteiger partial charge in [0.2, 0.25) is 0 Å². The minimum absolute atomic E-state index is 0.0947. The van der Waals surface area contributed by atoms with Gasteiger partial charge in [-0.25, -0.2) is 0 Å². The average Bonchev–Trinajstić information content (AvgIpc) is 1.78. The van der Waals surface area contributed by atoms with E-state index in [0.717, 1.165) is 18.2 Å². The number of thiocyanates is 1. The van der Waals surface area contributed by atoms with Crippen LogP contribution in [0.2, 0.25) is 0 Å². The molecule has 3 heteroatoms. The van der Waals surface area contributed by atoms with Gasteiger partial charge < -0.3 is 5.11 Å². The zero-order chi connectivity index (χ0) is 10.1. The van der Waals surface area contributed by atoms with Crippen molar-refractivity contribution in [2.45, 2.75) is 38.5 Å². The number of hydrogen-bond donors (Lipinski definition) is 1. The first-order chi connectivity index (χ1) is 5.87. The molecule has 72 valence electrons. The number of aliphatic hydroxyl groups is 1. The van der Waals surface area contributed by atoms with E-state index in [2.05, 4.69) is 13.8 Å². The van der Waals surface area contributed by atoms with Crippen molar-refractivity contribution in [1.82, 2.24) is 0 Å². The Hall–Kier alpha value is -0.460. The van der Waals surface area contributed by atoms with E-state index in [4.69, 9.17) is 5.26 Å². The number of thioether (sulfide) groups is 1. The van der Waals surface area contributed by atoms with Crippen LogP contribution in [0, 0.1) is 16.1 Å². The van der Waals surface area contributed by atoms with Gasteiger partial charge in [0.15, 0.2) is 0 Å². The van der Waals surface area contributed by atoms with Crippen LogP contribution in [0.3, 0.4) is 0 Å². The Morgan fingerprint density at radius 2 is 2.23 bits per heavy atom. The van der Waals surface area contributed by atoms with Crippen molar-refractivity contribution in [3.05, 3.63) is 11.6 Å². The van der Waals surface area contributed by atoms with Gasteiger partial charge in [0.25, 0.3) is 0 Å². The van der Waals surface area contributed by atoms with E-state index in [9.17, 15) is 5.11 Å². The van der Waals surface area contributed by atoms with Gasteiger partial charge in [0, 0.05) is 0 Å². The van der Waals surface area contributed by atoms with Crippen LogP contribution in [-0.2, 0) is 0 Å². The van der Waals surface area contributed by atoms with E-state index in [-0.39, 0.29) is 5.41 Å². The molecule has 13 heavy (non-hydrogen) atoms. The molecule has 0 bridgehead atoms. The maximum Gasteiger partial charge on any atom is 0.143 e. The number of nitriles is 1. The van der Waals surface area contributed by atoms with Crippen LogP contribution >= 0.6 is 11.8 Å². The fourth-order valence-corrected chi connectivity index (χ4v) is 3.02. The van der Waals surface area contributed by atoms with Gasteiger partial charge >= 0.3 is 0 Å². The summed E-state index contributed by atoms with van der Waals surface area (Å²) in [6, 6.07) is 0. The summed E-state index contributed by atoms with van der Waals surface area (Å²) in [6.07, 6.45) is 3.46. The van der Waals surface area contributed by atoms with Crippen molar-refractivity contribution in [2.24, 2.45) is 5.41 Å². The van der Waals surface area contributed by atoms with Gasteiger partial charge in [-0.2, -0.15) is 5.26 Å². The molecule has 0 heterocycles. The van der Waals surface area contributed by atoms with Crippen molar-refractivity contribution in [3.8, 4) is 5.40 Å². The molecule has 1 rings (SSSR count). The molecule has 1 aliphatic rings. The quantitative estimate of drug-likeness (QED) is 0.399. The third-order valence-electron chi connectivity index (χ3n) is 2.18. The first kappa shape index (κ1) is 10.6. The number of nitrogens with zero attached hydrogens (tertiary/aromatic N) is 1. The third-order valence-corrected chi connectivity index (χ3v) is 2.89. The van der Waals surface area contributed by atoms with Crippen molar-refractivity contribution in [1.29, 1.82) is 5.26 Å². The van der Waals surface area contributed by atoms with E-state index in [1.807, 2.05) is 18.4 Å². The van der Waals surface area contributed by atoms with Crippen molar-refractivity contribution in [2.75, 3.05) is 0 Å². The van der Waals surface area contributed by atoms with Gasteiger partial charge in [0.1, 0.15) is 10.3 Å². The number of allylic oxidation sites excluding steroid dienone is 1. The molecule has 0 saturated carbocycles. The van der Waals surface area contributed by atoms with Gasteiger partial charge in [-0.05, 0) is 43.0 Å². The molecule has 0 aromatic heterocycles. The van der Waals surface area contributed by atoms with Crippen molar-refractivity contribution >= 4 is 11.8 Å². The predicted molar refractivity (Wildman–Crippen MR) is 54.9 cm³/mol. The van der Waals surface area contributed by atoms with Crippen molar-refractivity contribution in [3.63, 3.8) is 0 Å². The first-order valence-corrected chi connectivity index (χ1v) is 5.16. The molecular weight excluding hydrogens is 182 g/mol. The second-order valence-electron chi connectivity index (χ2n) is 4.55. The zero-order valence-electron chi connectivity index (χ0n) is 8.29. The maximum absolute atomic E-state index is 10.0. The van der Waals surface area contributed by atoms with Gasteiger partial charge in [-0.3, -0.25) is 0 Å². The lowest BCUT2D eigenvalue weighted by Crippen LogP contribution is -2.33. The van der Waals surface area contributed by atoms with E-state index >= 15 is 0 Å². The number of rotatable bonds is 1. The summed E-state index contributed by atoms with van der Waals surface area (Å²) in [6.45, 7) is 6.24. The normalized spacial score (nSPS) is 32.1. The van der Waals surface area contributed by atoms with E-state index in [0.29, 0.717) is 6.42 Å². The Labute approximate surface area is 83.6 Å². The molecule has 1 atom stereocenters. The van der Waals surface area contributed by atoms with Crippen LogP contribution in [-0.4, -0.2) is 10.0 Å². The maximum atomic E-state index is 10.0. The summed E-state index contributed by atoms with van der Waals surface area (Å²) < 4.78 is 0. The summed E-state index contributed by atoms with van der Waals surface area (Å²) in [4.78, 5) is -0.972. The molecular formula is C10H15NOS. The van der Waals surface area contributed by atoms with Crippen LogP contribution < -0.4 is 0 Å². The highest BCUT2D eigenvalue weighted by Crippen LogP contribution is 2.44. The van der Waals surface area contributed by atoms with Gasteiger partial charge in [-0.1, -0.05) is 19.4 Å². The summed E-state index contributed by atoms with van der Waals surface area (Å²) in [5.41, 5.74) is 1.26. The Bertz CT molecular complexity index is 277. The fraction of sp³-hybridized carbons (Fsp3) is 0.700. The SMILES string of the molecule is CC1=CC(O)(SC#N)CC(C)(C)C1. The van der Waals surface area contributed by atoms with E-state index in [1.54, 1.807) is 0 Å². The molecule has 0 aromatic carbocycles. The summed E-state index contributed by atoms with van der Waals surface area (Å²) in [7, 11) is 0. The van der Waals surface area contributed by atoms with Crippen molar-refractivity contribution < 1.29 is 5.11 Å². The molecule has 0 aliphatic heterocycles.